The fourth-order valence-electron chi connectivity index (χ4n) is 7.28. The number of fused-ring (bicyclic) bond motifs is 2. The number of nitrogens with one attached hydrogen (secondary N) is 1. The van der Waals surface area contributed by atoms with Crippen molar-refractivity contribution >= 4 is 46.3 Å². The second-order valence-electron chi connectivity index (χ2n) is 15.2. The molecule has 1 aliphatic heterocycles. The Morgan fingerprint density at radius 3 is 2.26 bits per heavy atom. The van der Waals surface area contributed by atoms with Gasteiger partial charge in [-0.2, -0.15) is 0 Å². The van der Waals surface area contributed by atoms with Gasteiger partial charge in [0.1, 0.15) is 30.0 Å². The number of aliphatic hydroxyl groups is 1. The fourth-order valence-corrected chi connectivity index (χ4v) is 7.89. The molecule has 1 spiro atoms. The number of likely N-dealkylation sites (N-methyl/N-ethyl adjacent to an activating group) is 1. The molecule has 1 fully saturated rings. The number of amides is 2. The highest BCUT2D eigenvalue weighted by Crippen LogP contribution is 2.45. The summed E-state index contributed by atoms with van der Waals surface area (Å²) in [4.78, 5) is 55.9. The van der Waals surface area contributed by atoms with Crippen molar-refractivity contribution < 1.29 is 43.2 Å². The number of aliphatic hydroxyl groups excluding tert-OH is 1. The molecule has 2 amide bonds. The second kappa shape index (κ2) is 16.7. The highest BCUT2D eigenvalue weighted by atomic mass is 127. The number of ether oxygens (including phenoxy) is 4. The van der Waals surface area contributed by atoms with Crippen LogP contribution >= 0.6 is 22.6 Å². The zero-order chi connectivity index (χ0) is 38.6. The molecule has 286 valence electrons. The summed E-state index contributed by atoms with van der Waals surface area (Å²) in [7, 11) is 1.56. The predicted octanol–water partition coefficient (Wildman–Crippen LogP) is 5.09. The van der Waals surface area contributed by atoms with E-state index >= 15 is 0 Å². The third-order valence-electron chi connectivity index (χ3n) is 9.89. The van der Waals surface area contributed by atoms with Crippen LogP contribution in [0.4, 0.5) is 0 Å². The summed E-state index contributed by atoms with van der Waals surface area (Å²) < 4.78 is 25.6. The summed E-state index contributed by atoms with van der Waals surface area (Å²) in [5.74, 6) is -2.87. The Morgan fingerprint density at radius 1 is 0.963 bits per heavy atom. The zero-order valence-electron chi connectivity index (χ0n) is 31.0. The van der Waals surface area contributed by atoms with E-state index in [2.05, 4.69) is 27.9 Å². The van der Waals surface area contributed by atoms with E-state index in [1.165, 1.54) is 4.90 Å². The molecule has 1 saturated heterocycles. The van der Waals surface area contributed by atoms with Crippen LogP contribution in [0.2, 0.25) is 0 Å². The van der Waals surface area contributed by atoms with Crippen LogP contribution in [0.5, 0.6) is 0 Å². The molecule has 2 aliphatic carbocycles. The number of benzene rings is 3. The average Bonchev–Trinajstić information content (AvgIpc) is 3.69. The van der Waals surface area contributed by atoms with E-state index in [0.717, 1.165) is 20.3 Å². The Balaban J connectivity index is 1.24. The molecule has 11 nitrogen and oxygen atoms in total. The van der Waals surface area contributed by atoms with E-state index in [9.17, 15) is 24.3 Å². The van der Waals surface area contributed by atoms with E-state index in [4.69, 9.17) is 18.9 Å². The largest absolute Gasteiger partial charge is 0.460 e. The lowest BCUT2D eigenvalue weighted by molar-refractivity contribution is -0.172. The van der Waals surface area contributed by atoms with Gasteiger partial charge in [0, 0.05) is 48.3 Å². The Kier molecular flexibility index (Phi) is 12.3. The molecule has 54 heavy (non-hydrogen) atoms. The molecule has 0 radical (unpaired) electrons. The first kappa shape index (κ1) is 39.6. The summed E-state index contributed by atoms with van der Waals surface area (Å²) in [5.41, 5.74) is 3.12. The molecule has 0 aromatic heterocycles. The molecule has 2 N–H and O–H groups in total. The first-order valence-electron chi connectivity index (χ1n) is 18.3. The highest BCUT2D eigenvalue weighted by molar-refractivity contribution is 14.1. The van der Waals surface area contributed by atoms with Gasteiger partial charge >= 0.3 is 11.9 Å². The van der Waals surface area contributed by atoms with Crippen molar-refractivity contribution in [3.63, 3.8) is 0 Å². The molecule has 1 heterocycles. The number of rotatable bonds is 12. The smallest absolute Gasteiger partial charge is 0.339 e. The summed E-state index contributed by atoms with van der Waals surface area (Å²) in [6, 6.07) is 22.8. The molecular weight excluding hydrogens is 803 g/mol. The van der Waals surface area contributed by atoms with Gasteiger partial charge in [-0.1, -0.05) is 66.7 Å². The number of carbonyl (C=O) groups excluding carboxylic acids is 4. The summed E-state index contributed by atoms with van der Waals surface area (Å²) >= 11 is 2.09. The van der Waals surface area contributed by atoms with Gasteiger partial charge in [0.05, 0.1) is 18.2 Å². The molecule has 3 aromatic rings. The van der Waals surface area contributed by atoms with Crippen LogP contribution in [0.1, 0.15) is 67.1 Å². The number of halogens is 1. The van der Waals surface area contributed by atoms with E-state index in [1.807, 2.05) is 66.7 Å². The lowest BCUT2D eigenvalue weighted by Gasteiger charge is -2.34. The first-order valence-corrected chi connectivity index (χ1v) is 19.3. The Hall–Kier alpha value is -4.11. The second-order valence-corrected chi connectivity index (χ2v) is 16.3. The van der Waals surface area contributed by atoms with Gasteiger partial charge in [-0.3, -0.25) is 14.4 Å². The van der Waals surface area contributed by atoms with Crippen molar-refractivity contribution in [1.82, 2.24) is 10.2 Å². The van der Waals surface area contributed by atoms with Gasteiger partial charge in [0.2, 0.25) is 11.8 Å². The van der Waals surface area contributed by atoms with Crippen LogP contribution in [-0.2, 0) is 52.6 Å². The minimum Gasteiger partial charge on any atom is -0.460 e. The predicted molar refractivity (Wildman–Crippen MR) is 208 cm³/mol. The van der Waals surface area contributed by atoms with Crippen LogP contribution in [0.3, 0.4) is 0 Å². The molecule has 12 heteroatoms. The van der Waals surface area contributed by atoms with Gasteiger partial charge in [0.15, 0.2) is 5.79 Å². The monoisotopic (exact) mass is 850 g/mol. The van der Waals surface area contributed by atoms with Gasteiger partial charge in [-0.25, -0.2) is 4.79 Å². The third kappa shape index (κ3) is 9.39. The quantitative estimate of drug-likeness (QED) is 0.188. The van der Waals surface area contributed by atoms with E-state index in [0.29, 0.717) is 24.0 Å². The number of hydrogen-bond acceptors (Lipinski definition) is 9. The van der Waals surface area contributed by atoms with Crippen molar-refractivity contribution in [2.75, 3.05) is 13.7 Å². The third-order valence-corrected chi connectivity index (χ3v) is 10.8. The van der Waals surface area contributed by atoms with Crippen molar-refractivity contribution in [3.05, 3.63) is 116 Å². The zero-order valence-corrected chi connectivity index (χ0v) is 33.1. The summed E-state index contributed by atoms with van der Waals surface area (Å²) in [6.45, 7) is 4.90. The van der Waals surface area contributed by atoms with Gasteiger partial charge < -0.3 is 34.3 Å². The number of esters is 2. The van der Waals surface area contributed by atoms with E-state index in [-0.39, 0.29) is 25.7 Å². The highest BCUT2D eigenvalue weighted by Gasteiger charge is 2.55. The van der Waals surface area contributed by atoms with E-state index in [1.54, 1.807) is 46.0 Å². The molecule has 5 unspecified atom stereocenters. The topological polar surface area (TPSA) is 141 Å². The van der Waals surface area contributed by atoms with Crippen molar-refractivity contribution in [2.45, 2.75) is 101 Å². The van der Waals surface area contributed by atoms with Crippen molar-refractivity contribution in [1.29, 1.82) is 0 Å². The van der Waals surface area contributed by atoms with Crippen LogP contribution < -0.4 is 5.32 Å². The number of hydrogen-bond donors (Lipinski definition) is 2. The number of carbonyl (C=O) groups is 4. The molecule has 0 bridgehead atoms. The van der Waals surface area contributed by atoms with Crippen LogP contribution in [0, 0.1) is 3.57 Å². The average molecular weight is 851 g/mol. The van der Waals surface area contributed by atoms with Gasteiger partial charge in [-0.05, 0) is 84.7 Å². The van der Waals surface area contributed by atoms with Crippen LogP contribution in [0.25, 0.3) is 0 Å². The van der Waals surface area contributed by atoms with Crippen LogP contribution in [0.15, 0.2) is 90.5 Å². The summed E-state index contributed by atoms with van der Waals surface area (Å²) in [6.07, 6.45) is 0.939. The van der Waals surface area contributed by atoms with Gasteiger partial charge in [0.25, 0.3) is 0 Å². The molecule has 5 atom stereocenters. The molecule has 6 rings (SSSR count). The van der Waals surface area contributed by atoms with Crippen molar-refractivity contribution in [2.24, 2.45) is 0 Å². The maximum atomic E-state index is 14.5. The Labute approximate surface area is 329 Å². The Morgan fingerprint density at radius 2 is 1.61 bits per heavy atom. The summed E-state index contributed by atoms with van der Waals surface area (Å²) in [5, 5.41) is 13.0. The first-order chi connectivity index (χ1) is 25.7. The maximum Gasteiger partial charge on any atom is 0.339 e. The maximum absolute atomic E-state index is 14.5. The normalized spacial score (nSPS) is 20.9. The lowest BCUT2D eigenvalue weighted by atomic mass is 9.90. The standard InChI is InChI=1S/C42H47IN2O9/c1-41(2,3)53-36(47)19-18-30(25-46)44-38(48)33(20-26-12-6-5-7-13-26)45(4)39(49)29-21-34(51-40(50)31-16-10-11-17-32(31)43)37-35(22-29)52-42(54-37)23-27-14-8-9-15-28(27)24-42/h5-17,22,30,33-35,37,46H,18-21,23-25H2,1-4H3,(H,44,48). The Bertz CT molecular complexity index is 1870. The lowest BCUT2D eigenvalue weighted by Crippen LogP contribution is -2.53. The van der Waals surface area contributed by atoms with Crippen LogP contribution in [-0.4, -0.2) is 89.2 Å². The molecule has 3 aliphatic rings. The van der Waals surface area contributed by atoms with Crippen molar-refractivity contribution in [3.8, 4) is 0 Å². The number of nitrogens with zero attached hydrogens (tertiary/aromatic N) is 1. The SMILES string of the molecule is CN(C(=O)C1=CC2OC3(Cc4ccccc4C3)OC2C(OC(=O)c2ccccc2I)C1)C(Cc1ccccc1)C(=O)NC(CO)CCC(=O)OC(C)(C)C. The molecular formula is C42H47IN2O9. The van der Waals surface area contributed by atoms with E-state index < -0.39 is 72.1 Å². The molecule has 3 aromatic carbocycles. The minimum absolute atomic E-state index is 0.00682. The van der Waals surface area contributed by atoms with Gasteiger partial charge in [-0.15, -0.1) is 0 Å². The minimum atomic E-state index is -0.989. The fraction of sp³-hybridized carbons (Fsp3) is 0.429. The molecule has 0 saturated carbocycles.